The first kappa shape index (κ1) is 18.3. The maximum atomic E-state index is 12.6. The van der Waals surface area contributed by atoms with Crippen LogP contribution in [0.5, 0.6) is 0 Å². The fraction of sp³-hybridized carbons (Fsp3) is 0.200. The monoisotopic (exact) mass is 386 g/mol. The summed E-state index contributed by atoms with van der Waals surface area (Å²) in [7, 11) is 0. The Morgan fingerprint density at radius 2 is 1.69 bits per heavy atom. The number of hydrogen-bond acceptors (Lipinski definition) is 8. The smallest absolute Gasteiger partial charge is 0.274 e. The molecule has 1 aliphatic heterocycles. The predicted octanol–water partition coefficient (Wildman–Crippen LogP) is 1.72. The second kappa shape index (κ2) is 8.31. The second-order valence-electron chi connectivity index (χ2n) is 6.40. The third-order valence-corrected chi connectivity index (χ3v) is 4.62. The maximum Gasteiger partial charge on any atom is 0.274 e. The van der Waals surface area contributed by atoms with Crippen molar-refractivity contribution in [2.24, 2.45) is 0 Å². The molecule has 1 aromatic carbocycles. The average Bonchev–Trinajstić information content (AvgIpc) is 2.80. The van der Waals surface area contributed by atoms with Crippen LogP contribution in [-0.4, -0.2) is 52.0 Å². The van der Waals surface area contributed by atoms with Crippen molar-refractivity contribution >= 4 is 23.4 Å². The van der Waals surface area contributed by atoms with Gasteiger partial charge in [0.1, 0.15) is 23.9 Å². The van der Waals surface area contributed by atoms with Crippen LogP contribution in [0.3, 0.4) is 0 Å². The highest BCUT2D eigenvalue weighted by Gasteiger charge is 2.21. The normalized spacial score (nSPS) is 13.6. The van der Waals surface area contributed by atoms with Crippen LogP contribution < -0.4 is 15.1 Å². The lowest BCUT2D eigenvalue weighted by Gasteiger charge is -2.35. The molecule has 9 heteroatoms. The van der Waals surface area contributed by atoms with Crippen LogP contribution in [0.2, 0.25) is 0 Å². The Kier molecular flexibility index (Phi) is 5.25. The zero-order valence-corrected chi connectivity index (χ0v) is 15.6. The first-order valence-electron chi connectivity index (χ1n) is 9.14. The van der Waals surface area contributed by atoms with E-state index in [2.05, 4.69) is 41.1 Å². The molecule has 1 fully saturated rings. The highest BCUT2D eigenvalue weighted by atomic mass is 16.1. The van der Waals surface area contributed by atoms with Gasteiger partial charge in [0, 0.05) is 44.6 Å². The molecule has 3 aromatic rings. The fourth-order valence-corrected chi connectivity index (χ4v) is 3.11. The molecule has 144 valence electrons. The largest absolute Gasteiger partial charge is 0.353 e. The van der Waals surface area contributed by atoms with E-state index in [1.54, 1.807) is 48.8 Å². The lowest BCUT2D eigenvalue weighted by molar-refractivity contribution is 0.102. The molecular weight excluding hydrogens is 368 g/mol. The number of hydrogen-bond donors (Lipinski definition) is 1. The lowest BCUT2D eigenvalue weighted by Crippen LogP contribution is -2.47. The number of aromatic nitrogens is 4. The molecular formula is C20H18N8O. The fourth-order valence-electron chi connectivity index (χ4n) is 3.11. The van der Waals surface area contributed by atoms with Crippen molar-refractivity contribution < 1.29 is 4.79 Å². The number of piperazine rings is 1. The number of amides is 1. The van der Waals surface area contributed by atoms with E-state index in [0.717, 1.165) is 26.2 Å². The van der Waals surface area contributed by atoms with Crippen molar-refractivity contribution in [3.63, 3.8) is 0 Å². The van der Waals surface area contributed by atoms with Gasteiger partial charge in [-0.05, 0) is 18.2 Å². The van der Waals surface area contributed by atoms with Crippen LogP contribution in [0.25, 0.3) is 0 Å². The minimum absolute atomic E-state index is 0.247. The predicted molar refractivity (Wildman–Crippen MR) is 108 cm³/mol. The SMILES string of the molecule is N#Cc1ccccc1NC(=O)c1cc(N2CCN(c3ncccn3)CC2)ncn1. The van der Waals surface area contributed by atoms with Crippen molar-refractivity contribution in [1.29, 1.82) is 5.26 Å². The zero-order valence-electron chi connectivity index (χ0n) is 15.6. The number of anilines is 3. The summed E-state index contributed by atoms with van der Waals surface area (Å²) in [6.07, 6.45) is 4.84. The molecule has 0 saturated carbocycles. The Labute approximate surface area is 167 Å². The van der Waals surface area contributed by atoms with Gasteiger partial charge in [0.05, 0.1) is 11.3 Å². The number of rotatable bonds is 4. The number of carbonyl (C=O) groups is 1. The lowest BCUT2D eigenvalue weighted by atomic mass is 10.2. The number of benzene rings is 1. The minimum atomic E-state index is -0.382. The summed E-state index contributed by atoms with van der Waals surface area (Å²) in [5, 5.41) is 11.9. The summed E-state index contributed by atoms with van der Waals surface area (Å²) in [5.74, 6) is 1.02. The van der Waals surface area contributed by atoms with Gasteiger partial charge in [-0.1, -0.05) is 12.1 Å². The van der Waals surface area contributed by atoms with Crippen molar-refractivity contribution in [3.8, 4) is 6.07 Å². The van der Waals surface area contributed by atoms with Crippen LogP contribution in [0.15, 0.2) is 55.1 Å². The van der Waals surface area contributed by atoms with Crippen LogP contribution >= 0.6 is 0 Å². The Balaban J connectivity index is 1.44. The standard InChI is InChI=1S/C20H18N8O/c21-13-15-4-1-2-5-16(15)26-19(29)17-12-18(25-14-24-17)27-8-10-28(11-9-27)20-22-6-3-7-23-20/h1-7,12,14H,8-11H2,(H,26,29). The van der Waals surface area contributed by atoms with Crippen molar-refractivity contribution in [3.05, 3.63) is 66.4 Å². The summed E-state index contributed by atoms with van der Waals surface area (Å²) >= 11 is 0. The molecule has 0 atom stereocenters. The minimum Gasteiger partial charge on any atom is -0.353 e. The molecule has 3 heterocycles. The molecule has 1 amide bonds. The second-order valence-corrected chi connectivity index (χ2v) is 6.40. The van der Waals surface area contributed by atoms with Gasteiger partial charge >= 0.3 is 0 Å². The van der Waals surface area contributed by atoms with Gasteiger partial charge in [0.15, 0.2) is 0 Å². The molecule has 2 aromatic heterocycles. The van der Waals surface area contributed by atoms with Crippen LogP contribution in [0, 0.1) is 11.3 Å². The van der Waals surface area contributed by atoms with E-state index in [9.17, 15) is 10.1 Å². The van der Waals surface area contributed by atoms with Gasteiger partial charge in [-0.2, -0.15) is 5.26 Å². The van der Waals surface area contributed by atoms with E-state index in [-0.39, 0.29) is 11.6 Å². The molecule has 1 N–H and O–H groups in total. The molecule has 0 aliphatic carbocycles. The summed E-state index contributed by atoms with van der Waals surface area (Å²) in [6, 6.07) is 12.4. The molecule has 9 nitrogen and oxygen atoms in total. The Hall–Kier alpha value is -4.06. The van der Waals surface area contributed by atoms with Gasteiger partial charge in [-0.25, -0.2) is 19.9 Å². The van der Waals surface area contributed by atoms with Crippen molar-refractivity contribution in [2.45, 2.75) is 0 Å². The van der Waals surface area contributed by atoms with Crippen LogP contribution in [0.1, 0.15) is 16.1 Å². The molecule has 0 unspecified atom stereocenters. The van der Waals surface area contributed by atoms with Crippen LogP contribution in [0.4, 0.5) is 17.5 Å². The number of para-hydroxylation sites is 1. The Bertz CT molecular complexity index is 1040. The van der Waals surface area contributed by atoms with E-state index in [1.165, 1.54) is 6.33 Å². The molecule has 0 bridgehead atoms. The van der Waals surface area contributed by atoms with Crippen molar-refractivity contribution in [2.75, 3.05) is 41.3 Å². The summed E-state index contributed by atoms with van der Waals surface area (Å²) < 4.78 is 0. The molecule has 29 heavy (non-hydrogen) atoms. The van der Waals surface area contributed by atoms with Crippen LogP contribution in [-0.2, 0) is 0 Å². The zero-order chi connectivity index (χ0) is 20.1. The van der Waals surface area contributed by atoms with Gasteiger partial charge in [-0.15, -0.1) is 0 Å². The number of carbonyl (C=O) groups excluding carboxylic acids is 1. The summed E-state index contributed by atoms with van der Waals surface area (Å²) in [4.78, 5) is 33.8. The highest BCUT2D eigenvalue weighted by Crippen LogP contribution is 2.18. The van der Waals surface area contributed by atoms with Gasteiger partial charge in [0.2, 0.25) is 5.95 Å². The van der Waals surface area contributed by atoms with Gasteiger partial charge < -0.3 is 15.1 Å². The maximum absolute atomic E-state index is 12.6. The average molecular weight is 386 g/mol. The van der Waals surface area contributed by atoms with E-state index >= 15 is 0 Å². The number of nitriles is 1. The summed E-state index contributed by atoms with van der Waals surface area (Å²) in [5.41, 5.74) is 1.10. The molecule has 1 aliphatic rings. The molecule has 4 rings (SSSR count). The van der Waals surface area contributed by atoms with Crippen molar-refractivity contribution in [1.82, 2.24) is 19.9 Å². The molecule has 0 spiro atoms. The van der Waals surface area contributed by atoms with Gasteiger partial charge in [-0.3, -0.25) is 4.79 Å². The van der Waals surface area contributed by atoms with E-state index in [0.29, 0.717) is 23.0 Å². The Morgan fingerprint density at radius 1 is 0.966 bits per heavy atom. The molecule has 0 radical (unpaired) electrons. The summed E-state index contributed by atoms with van der Waals surface area (Å²) in [6.45, 7) is 2.97. The molecule has 1 saturated heterocycles. The first-order valence-corrected chi connectivity index (χ1v) is 9.14. The third kappa shape index (κ3) is 4.11. The number of nitrogens with one attached hydrogen (secondary N) is 1. The number of nitrogens with zero attached hydrogens (tertiary/aromatic N) is 7. The first-order chi connectivity index (χ1) is 14.2. The van der Waals surface area contributed by atoms with E-state index in [4.69, 9.17) is 0 Å². The topological polar surface area (TPSA) is 111 Å². The Morgan fingerprint density at radius 3 is 2.45 bits per heavy atom. The third-order valence-electron chi connectivity index (χ3n) is 4.62. The van der Waals surface area contributed by atoms with Gasteiger partial charge in [0.25, 0.3) is 5.91 Å². The highest BCUT2D eigenvalue weighted by molar-refractivity contribution is 6.03. The van der Waals surface area contributed by atoms with E-state index < -0.39 is 0 Å². The quantitative estimate of drug-likeness (QED) is 0.721. The van der Waals surface area contributed by atoms with E-state index in [1.807, 2.05) is 0 Å².